The zero-order chi connectivity index (χ0) is 6.95. The zero-order valence-electron chi connectivity index (χ0n) is 5.81. The third kappa shape index (κ3) is 6.82. The molecule has 0 aliphatic heterocycles. The normalized spacial score (nSPS) is 7.33. The lowest BCUT2D eigenvalue weighted by atomic mass is 10.4. The Morgan fingerprint density at radius 3 is 2.67 bits per heavy atom. The van der Waals surface area contributed by atoms with Gasteiger partial charge in [0.1, 0.15) is 0 Å². The van der Waals surface area contributed by atoms with Crippen molar-refractivity contribution in [2.24, 2.45) is 0 Å². The highest BCUT2D eigenvalue weighted by Gasteiger charge is 1.53. The standard InChI is InChI=1S/C9H10/c1-3-5-7-9-8-6-4-2/h3,7-9H,1-2H3. The van der Waals surface area contributed by atoms with Gasteiger partial charge in [-0.05, 0) is 38.2 Å². The summed E-state index contributed by atoms with van der Waals surface area (Å²) >= 11 is 0. The number of hydrogen-bond donors (Lipinski definition) is 0. The van der Waals surface area contributed by atoms with Gasteiger partial charge >= 0.3 is 0 Å². The van der Waals surface area contributed by atoms with E-state index >= 15 is 0 Å². The van der Waals surface area contributed by atoms with Gasteiger partial charge < -0.3 is 0 Å². The minimum atomic E-state index is 1.79. The Morgan fingerprint density at radius 2 is 2.11 bits per heavy atom. The Hall–Kier alpha value is -1.18. The average Bonchev–Trinajstić information content (AvgIpc) is 1.89. The molecule has 0 heterocycles. The molecular formula is C9H10. The van der Waals surface area contributed by atoms with Crippen LogP contribution < -0.4 is 0 Å². The van der Waals surface area contributed by atoms with E-state index in [1.165, 1.54) is 0 Å². The fourth-order valence-corrected chi connectivity index (χ4v) is 0.331. The van der Waals surface area contributed by atoms with Gasteiger partial charge in [-0.15, -0.1) is 11.7 Å². The minimum Gasteiger partial charge on any atom is -0.125 e. The molecule has 0 atom stereocenters. The molecule has 0 nitrogen and oxygen atoms in total. The lowest BCUT2D eigenvalue weighted by Gasteiger charge is -1.62. The Morgan fingerprint density at radius 1 is 1.33 bits per heavy atom. The second kappa shape index (κ2) is 6.82. The van der Waals surface area contributed by atoms with E-state index in [1.807, 2.05) is 32.1 Å². The molecular weight excluding hydrogens is 108 g/mol. The first-order chi connectivity index (χ1) is 4.41. The van der Waals surface area contributed by atoms with Gasteiger partial charge in [-0.1, -0.05) is 5.92 Å². The van der Waals surface area contributed by atoms with Gasteiger partial charge in [0.05, 0.1) is 0 Å². The highest BCUT2D eigenvalue weighted by molar-refractivity contribution is 5.18. The van der Waals surface area contributed by atoms with Crippen LogP contribution in [0, 0.1) is 11.8 Å². The van der Waals surface area contributed by atoms with Gasteiger partial charge in [0.15, 0.2) is 0 Å². The van der Waals surface area contributed by atoms with Gasteiger partial charge in [-0.25, -0.2) is 0 Å². The van der Waals surface area contributed by atoms with Crippen molar-refractivity contribution in [2.45, 2.75) is 13.8 Å². The first-order valence-corrected chi connectivity index (χ1v) is 2.86. The third-order valence-electron chi connectivity index (χ3n) is 0.683. The van der Waals surface area contributed by atoms with Crippen LogP contribution in [0.4, 0.5) is 0 Å². The van der Waals surface area contributed by atoms with Crippen molar-refractivity contribution in [2.75, 3.05) is 0 Å². The fourth-order valence-electron chi connectivity index (χ4n) is 0.331. The molecule has 0 aliphatic rings. The van der Waals surface area contributed by atoms with E-state index in [0.29, 0.717) is 0 Å². The molecule has 0 aliphatic carbocycles. The Bertz CT molecular complexity index is 190. The Labute approximate surface area is 56.6 Å². The predicted octanol–water partition coefficient (Wildman–Crippen LogP) is 2.30. The summed E-state index contributed by atoms with van der Waals surface area (Å²) in [5.41, 5.74) is 2.90. The first-order valence-electron chi connectivity index (χ1n) is 2.86. The molecule has 0 spiro atoms. The molecule has 0 N–H and O–H groups in total. The Kier molecular flexibility index (Phi) is 5.93. The summed E-state index contributed by atoms with van der Waals surface area (Å²) in [5, 5.41) is 0. The molecule has 0 saturated carbocycles. The van der Waals surface area contributed by atoms with Gasteiger partial charge in [-0.2, -0.15) is 0 Å². The molecule has 9 heavy (non-hydrogen) atoms. The highest BCUT2D eigenvalue weighted by atomic mass is 13.6. The zero-order valence-corrected chi connectivity index (χ0v) is 5.81. The van der Waals surface area contributed by atoms with Crippen LogP contribution >= 0.6 is 0 Å². The quantitative estimate of drug-likeness (QED) is 0.281. The predicted molar refractivity (Wildman–Crippen MR) is 40.9 cm³/mol. The van der Waals surface area contributed by atoms with Gasteiger partial charge in [0.25, 0.3) is 0 Å². The van der Waals surface area contributed by atoms with Crippen molar-refractivity contribution < 1.29 is 0 Å². The Balaban J connectivity index is 3.69. The number of hydrogen-bond acceptors (Lipinski definition) is 0. The van der Waals surface area contributed by atoms with E-state index < -0.39 is 0 Å². The van der Waals surface area contributed by atoms with Crippen LogP contribution in [0.25, 0.3) is 0 Å². The summed E-state index contributed by atoms with van der Waals surface area (Å²) in [5.74, 6) is 5.54. The van der Waals surface area contributed by atoms with Crippen molar-refractivity contribution in [1.82, 2.24) is 0 Å². The average molecular weight is 118 g/mol. The maximum absolute atomic E-state index is 2.90. The van der Waals surface area contributed by atoms with Crippen molar-refractivity contribution in [3.63, 3.8) is 0 Å². The van der Waals surface area contributed by atoms with Crippen LogP contribution in [0.15, 0.2) is 30.0 Å². The molecule has 0 amide bonds. The van der Waals surface area contributed by atoms with Crippen LogP contribution in [0.2, 0.25) is 0 Å². The van der Waals surface area contributed by atoms with Crippen molar-refractivity contribution in [1.29, 1.82) is 0 Å². The second-order valence-electron chi connectivity index (χ2n) is 1.38. The van der Waals surface area contributed by atoms with Crippen LogP contribution in [-0.4, -0.2) is 0 Å². The van der Waals surface area contributed by atoms with E-state index in [-0.39, 0.29) is 0 Å². The molecule has 0 saturated heterocycles. The SMILES string of the molecule is CC#CC=CC=C=CC. The fraction of sp³-hybridized carbons (Fsp3) is 0.222. The summed E-state index contributed by atoms with van der Waals surface area (Å²) in [6.07, 6.45) is 7.32. The van der Waals surface area contributed by atoms with Crippen LogP contribution in [0.1, 0.15) is 13.8 Å². The summed E-state index contributed by atoms with van der Waals surface area (Å²) in [4.78, 5) is 0. The van der Waals surface area contributed by atoms with Gasteiger partial charge in [-0.3, -0.25) is 0 Å². The largest absolute Gasteiger partial charge is 0.125 e. The first kappa shape index (κ1) is 7.82. The lowest BCUT2D eigenvalue weighted by Crippen LogP contribution is -1.46. The molecule has 0 heteroatoms. The second-order valence-corrected chi connectivity index (χ2v) is 1.38. The van der Waals surface area contributed by atoms with Crippen molar-refractivity contribution >= 4 is 0 Å². The molecule has 0 bridgehead atoms. The molecule has 0 aromatic carbocycles. The molecule has 0 radical (unpaired) electrons. The number of allylic oxidation sites excluding steroid dienone is 3. The van der Waals surface area contributed by atoms with Gasteiger partial charge in [0, 0.05) is 0 Å². The minimum absolute atomic E-state index is 1.79. The van der Waals surface area contributed by atoms with Crippen molar-refractivity contribution in [3.05, 3.63) is 30.0 Å². The smallest absolute Gasteiger partial charge is 0.00235 e. The molecule has 0 fully saturated rings. The molecule has 0 rings (SSSR count). The molecule has 0 aromatic rings. The summed E-state index contributed by atoms with van der Waals surface area (Å²) in [6, 6.07) is 0. The highest BCUT2D eigenvalue weighted by Crippen LogP contribution is 1.71. The van der Waals surface area contributed by atoms with Gasteiger partial charge in [0.2, 0.25) is 0 Å². The summed E-state index contributed by atoms with van der Waals surface area (Å²) < 4.78 is 0. The topological polar surface area (TPSA) is 0 Å². The molecule has 46 valence electrons. The van der Waals surface area contributed by atoms with E-state index in [0.717, 1.165) is 0 Å². The van der Waals surface area contributed by atoms with Crippen LogP contribution in [0.5, 0.6) is 0 Å². The third-order valence-corrected chi connectivity index (χ3v) is 0.683. The molecule has 0 aromatic heterocycles. The maximum atomic E-state index is 2.90. The van der Waals surface area contributed by atoms with E-state index in [2.05, 4.69) is 17.6 Å². The van der Waals surface area contributed by atoms with Crippen LogP contribution in [-0.2, 0) is 0 Å². The number of rotatable bonds is 1. The van der Waals surface area contributed by atoms with E-state index in [4.69, 9.17) is 0 Å². The summed E-state index contributed by atoms with van der Waals surface area (Å²) in [7, 11) is 0. The molecule has 0 unspecified atom stereocenters. The van der Waals surface area contributed by atoms with Crippen LogP contribution in [0.3, 0.4) is 0 Å². The van der Waals surface area contributed by atoms with Crippen molar-refractivity contribution in [3.8, 4) is 11.8 Å². The monoisotopic (exact) mass is 118 g/mol. The maximum Gasteiger partial charge on any atom is -0.00235 e. The van der Waals surface area contributed by atoms with E-state index in [9.17, 15) is 0 Å². The lowest BCUT2D eigenvalue weighted by molar-refractivity contribution is 1.76. The summed E-state index contributed by atoms with van der Waals surface area (Å²) in [6.45, 7) is 3.74. The van der Waals surface area contributed by atoms with E-state index in [1.54, 1.807) is 6.08 Å².